The van der Waals surface area contributed by atoms with Gasteiger partial charge in [-0.3, -0.25) is 9.36 Å². The van der Waals surface area contributed by atoms with Crippen LogP contribution >= 0.6 is 11.6 Å². The maximum Gasteiger partial charge on any atom is 0.349 e. The number of halogens is 1. The highest BCUT2D eigenvalue weighted by Gasteiger charge is 2.15. The van der Waals surface area contributed by atoms with E-state index in [0.29, 0.717) is 22.8 Å². The minimum atomic E-state index is -0.450. The van der Waals surface area contributed by atoms with Crippen molar-refractivity contribution in [2.45, 2.75) is 38.6 Å². The number of fused-ring (bicyclic) bond motifs is 1. The molecule has 2 aromatic carbocycles. The van der Waals surface area contributed by atoms with Crippen LogP contribution in [0.1, 0.15) is 32.1 Å². The van der Waals surface area contributed by atoms with Crippen molar-refractivity contribution >= 4 is 28.4 Å². The molecule has 0 aliphatic heterocycles. The number of aromatic nitrogens is 2. The Labute approximate surface area is 180 Å². The molecule has 1 N–H and O–H groups in total. The lowest BCUT2D eigenvalue weighted by molar-refractivity contribution is -0.121. The molecule has 0 atom stereocenters. The normalized spacial score (nSPS) is 13.8. The summed E-state index contributed by atoms with van der Waals surface area (Å²) >= 11 is 6.22. The van der Waals surface area contributed by atoms with E-state index in [1.165, 1.54) is 23.0 Å². The van der Waals surface area contributed by atoms with E-state index in [9.17, 15) is 9.59 Å². The average molecular weight is 422 g/mol. The Hall–Kier alpha value is -2.92. The van der Waals surface area contributed by atoms with Gasteiger partial charge in [0.1, 0.15) is 6.54 Å². The molecule has 6 heteroatoms. The highest BCUT2D eigenvalue weighted by atomic mass is 35.5. The molecule has 0 saturated heterocycles. The van der Waals surface area contributed by atoms with Crippen LogP contribution in [0.3, 0.4) is 0 Å². The minimum Gasteiger partial charge on any atom is -0.354 e. The molecule has 5 nitrogen and oxygen atoms in total. The van der Waals surface area contributed by atoms with Gasteiger partial charge in [-0.1, -0.05) is 53.6 Å². The molecule has 1 heterocycles. The molecule has 3 aromatic rings. The maximum atomic E-state index is 12.8. The first-order valence-corrected chi connectivity index (χ1v) is 10.7. The van der Waals surface area contributed by atoms with Gasteiger partial charge >= 0.3 is 5.69 Å². The second-order valence-corrected chi connectivity index (χ2v) is 8.00. The number of hydrogen-bond acceptors (Lipinski definition) is 3. The quantitative estimate of drug-likeness (QED) is 0.585. The first-order chi connectivity index (χ1) is 14.6. The summed E-state index contributed by atoms with van der Waals surface area (Å²) in [7, 11) is 0. The fourth-order valence-electron chi connectivity index (χ4n) is 3.92. The summed E-state index contributed by atoms with van der Waals surface area (Å²) in [6.07, 6.45) is 7.87. The number of nitrogens with zero attached hydrogens (tertiary/aromatic N) is 2. The Morgan fingerprint density at radius 3 is 2.73 bits per heavy atom. The topological polar surface area (TPSA) is 64.0 Å². The summed E-state index contributed by atoms with van der Waals surface area (Å²) < 4.78 is 1.41. The van der Waals surface area contributed by atoms with Crippen molar-refractivity contribution in [1.82, 2.24) is 14.9 Å². The minimum absolute atomic E-state index is 0.0713. The summed E-state index contributed by atoms with van der Waals surface area (Å²) in [5.41, 5.74) is 3.00. The van der Waals surface area contributed by atoms with Crippen molar-refractivity contribution in [3.8, 4) is 11.3 Å². The number of amides is 1. The predicted molar refractivity (Wildman–Crippen MR) is 121 cm³/mol. The SMILES string of the molecule is O=C(Cn1c(=O)nc(-c2ccccc2)c2cc(Cl)ccc21)NCCC1=CCCCC1. The van der Waals surface area contributed by atoms with Crippen molar-refractivity contribution in [1.29, 1.82) is 0 Å². The standard InChI is InChI=1S/C24H24ClN3O2/c25-19-11-12-21-20(15-19)23(18-9-5-2-6-10-18)27-24(30)28(21)16-22(29)26-14-13-17-7-3-1-4-8-17/h2,5-7,9-12,15H,1,3-4,8,13-14,16H2,(H,26,29). The molecular weight excluding hydrogens is 398 g/mol. The Morgan fingerprint density at radius 2 is 1.97 bits per heavy atom. The predicted octanol–water partition coefficient (Wildman–Crippen LogP) is 4.72. The lowest BCUT2D eigenvalue weighted by Gasteiger charge is -2.15. The molecule has 0 radical (unpaired) electrons. The number of allylic oxidation sites excluding steroid dienone is 1. The largest absolute Gasteiger partial charge is 0.354 e. The van der Waals surface area contributed by atoms with Crippen LogP contribution < -0.4 is 11.0 Å². The molecule has 154 valence electrons. The highest BCUT2D eigenvalue weighted by molar-refractivity contribution is 6.31. The van der Waals surface area contributed by atoms with Crippen LogP contribution in [-0.4, -0.2) is 22.0 Å². The van der Waals surface area contributed by atoms with Gasteiger partial charge in [-0.2, -0.15) is 4.98 Å². The van der Waals surface area contributed by atoms with Crippen molar-refractivity contribution in [3.63, 3.8) is 0 Å². The molecule has 0 saturated carbocycles. The van der Waals surface area contributed by atoms with Crippen LogP contribution in [0.2, 0.25) is 5.02 Å². The molecule has 0 fully saturated rings. The van der Waals surface area contributed by atoms with Crippen LogP contribution in [0.25, 0.3) is 22.2 Å². The molecular formula is C24H24ClN3O2. The zero-order valence-corrected chi connectivity index (χ0v) is 17.5. The zero-order valence-electron chi connectivity index (χ0n) is 16.7. The molecule has 4 rings (SSSR count). The second kappa shape index (κ2) is 9.26. The lowest BCUT2D eigenvalue weighted by Crippen LogP contribution is -2.34. The fraction of sp³-hybridized carbons (Fsp3) is 0.292. The Morgan fingerprint density at radius 1 is 1.13 bits per heavy atom. The van der Waals surface area contributed by atoms with E-state index < -0.39 is 5.69 Å². The molecule has 1 aromatic heterocycles. The molecule has 1 amide bonds. The highest BCUT2D eigenvalue weighted by Crippen LogP contribution is 2.27. The van der Waals surface area contributed by atoms with Crippen molar-refractivity contribution in [2.24, 2.45) is 0 Å². The van der Waals surface area contributed by atoms with Gasteiger partial charge < -0.3 is 5.32 Å². The third kappa shape index (κ3) is 4.62. The summed E-state index contributed by atoms with van der Waals surface area (Å²) in [6, 6.07) is 14.8. The van der Waals surface area contributed by atoms with Gasteiger partial charge in [-0.25, -0.2) is 4.79 Å². The van der Waals surface area contributed by atoms with E-state index in [0.717, 1.165) is 30.2 Å². The number of rotatable bonds is 6. The van der Waals surface area contributed by atoms with Gasteiger partial charge in [0.25, 0.3) is 0 Å². The van der Waals surface area contributed by atoms with Gasteiger partial charge in [0.05, 0.1) is 11.2 Å². The molecule has 0 spiro atoms. The van der Waals surface area contributed by atoms with Gasteiger partial charge in [-0.05, 0) is 50.3 Å². The van der Waals surface area contributed by atoms with Gasteiger partial charge in [0.15, 0.2) is 0 Å². The van der Waals surface area contributed by atoms with Crippen LogP contribution in [0.4, 0.5) is 0 Å². The molecule has 0 unspecified atom stereocenters. The summed E-state index contributed by atoms with van der Waals surface area (Å²) in [4.78, 5) is 29.6. The number of carbonyl (C=O) groups excluding carboxylic acids is 1. The zero-order chi connectivity index (χ0) is 20.9. The second-order valence-electron chi connectivity index (χ2n) is 7.56. The number of hydrogen-bond donors (Lipinski definition) is 1. The van der Waals surface area contributed by atoms with Gasteiger partial charge in [-0.15, -0.1) is 0 Å². The van der Waals surface area contributed by atoms with E-state index in [-0.39, 0.29) is 12.5 Å². The van der Waals surface area contributed by atoms with Crippen LogP contribution in [-0.2, 0) is 11.3 Å². The van der Waals surface area contributed by atoms with E-state index in [2.05, 4.69) is 16.4 Å². The van der Waals surface area contributed by atoms with Crippen molar-refractivity contribution in [2.75, 3.05) is 6.54 Å². The molecule has 1 aliphatic rings. The number of benzene rings is 2. The summed E-state index contributed by atoms with van der Waals surface area (Å²) in [5.74, 6) is -0.195. The first kappa shape index (κ1) is 20.4. The third-order valence-corrected chi connectivity index (χ3v) is 5.68. The summed E-state index contributed by atoms with van der Waals surface area (Å²) in [5, 5.41) is 4.23. The average Bonchev–Trinajstić information content (AvgIpc) is 2.77. The van der Waals surface area contributed by atoms with Crippen LogP contribution in [0, 0.1) is 0 Å². The summed E-state index contributed by atoms with van der Waals surface area (Å²) in [6.45, 7) is 0.511. The van der Waals surface area contributed by atoms with Crippen molar-refractivity contribution < 1.29 is 4.79 Å². The Balaban J connectivity index is 1.58. The first-order valence-electron chi connectivity index (χ1n) is 10.3. The Bertz CT molecular complexity index is 1150. The molecule has 1 aliphatic carbocycles. The van der Waals surface area contributed by atoms with Crippen molar-refractivity contribution in [3.05, 3.63) is 75.7 Å². The van der Waals surface area contributed by atoms with Crippen LogP contribution in [0.15, 0.2) is 65.0 Å². The molecule has 30 heavy (non-hydrogen) atoms. The molecule has 0 bridgehead atoms. The van der Waals surface area contributed by atoms with E-state index in [4.69, 9.17) is 11.6 Å². The van der Waals surface area contributed by atoms with Gasteiger partial charge in [0.2, 0.25) is 5.91 Å². The monoisotopic (exact) mass is 421 g/mol. The smallest absolute Gasteiger partial charge is 0.349 e. The lowest BCUT2D eigenvalue weighted by atomic mass is 9.97. The number of carbonyl (C=O) groups is 1. The fourth-order valence-corrected chi connectivity index (χ4v) is 4.09. The van der Waals surface area contributed by atoms with E-state index >= 15 is 0 Å². The van der Waals surface area contributed by atoms with Crippen LogP contribution in [0.5, 0.6) is 0 Å². The van der Waals surface area contributed by atoms with E-state index in [1.807, 2.05) is 30.3 Å². The maximum absolute atomic E-state index is 12.8. The third-order valence-electron chi connectivity index (χ3n) is 5.45. The Kier molecular flexibility index (Phi) is 6.29. The van der Waals surface area contributed by atoms with E-state index in [1.54, 1.807) is 18.2 Å². The van der Waals surface area contributed by atoms with Gasteiger partial charge in [0, 0.05) is 22.5 Å². The number of nitrogens with one attached hydrogen (secondary N) is 1.